The molecule has 2 N–H and O–H groups in total. The summed E-state index contributed by atoms with van der Waals surface area (Å²) in [4.78, 5) is 39.5. The summed E-state index contributed by atoms with van der Waals surface area (Å²) in [7, 11) is 0. The molecule has 1 aromatic carbocycles. The standard InChI is InChI=1S/C17H18N4O3/c1-3-20(4-2)14(22)10-21-13-8-6-5-7-11(13)15(17(21)24)12(9-18)16(19)23/h5-8H,3-4,10H2,1-2H3,(H2,19,23). The first-order valence-corrected chi connectivity index (χ1v) is 7.59. The van der Waals surface area contributed by atoms with E-state index in [-0.39, 0.29) is 18.0 Å². The van der Waals surface area contributed by atoms with Crippen LogP contribution in [0.3, 0.4) is 0 Å². The van der Waals surface area contributed by atoms with Crippen molar-refractivity contribution < 1.29 is 14.4 Å². The smallest absolute Gasteiger partial charge is 0.261 e. The summed E-state index contributed by atoms with van der Waals surface area (Å²) in [5, 5.41) is 9.18. The number of primary amides is 1. The Labute approximate surface area is 139 Å². The van der Waals surface area contributed by atoms with Crippen LogP contribution in [0, 0.1) is 11.3 Å². The molecule has 0 aromatic heterocycles. The normalized spacial score (nSPS) is 14.9. The highest BCUT2D eigenvalue weighted by Crippen LogP contribution is 2.38. The van der Waals surface area contributed by atoms with E-state index in [1.807, 2.05) is 13.8 Å². The first-order valence-electron chi connectivity index (χ1n) is 7.59. The minimum absolute atomic E-state index is 0.0482. The third-order valence-electron chi connectivity index (χ3n) is 3.94. The van der Waals surface area contributed by atoms with Crippen molar-refractivity contribution in [1.29, 1.82) is 5.26 Å². The van der Waals surface area contributed by atoms with Gasteiger partial charge in [0.25, 0.3) is 11.8 Å². The molecule has 0 atom stereocenters. The van der Waals surface area contributed by atoms with Gasteiger partial charge in [-0.1, -0.05) is 18.2 Å². The van der Waals surface area contributed by atoms with Crippen molar-refractivity contribution in [1.82, 2.24) is 4.90 Å². The maximum atomic E-state index is 12.7. The number of benzene rings is 1. The quantitative estimate of drug-likeness (QED) is 0.633. The molecule has 3 amide bonds. The number of nitrogens with zero attached hydrogens (tertiary/aromatic N) is 3. The molecule has 1 aromatic rings. The minimum atomic E-state index is -0.965. The second-order valence-electron chi connectivity index (χ2n) is 5.20. The van der Waals surface area contributed by atoms with Gasteiger partial charge in [0.2, 0.25) is 5.91 Å². The lowest BCUT2D eigenvalue weighted by Crippen LogP contribution is -2.41. The van der Waals surface area contributed by atoms with Crippen LogP contribution in [0.5, 0.6) is 0 Å². The fraction of sp³-hybridized carbons (Fsp3) is 0.294. The molecule has 0 saturated heterocycles. The monoisotopic (exact) mass is 326 g/mol. The molecule has 1 aliphatic rings. The molecular formula is C17H18N4O3. The van der Waals surface area contributed by atoms with Crippen LogP contribution in [0.25, 0.3) is 5.57 Å². The lowest BCUT2D eigenvalue weighted by Gasteiger charge is -2.23. The molecule has 7 nitrogen and oxygen atoms in total. The minimum Gasteiger partial charge on any atom is -0.365 e. The van der Waals surface area contributed by atoms with Gasteiger partial charge in [-0.05, 0) is 19.9 Å². The van der Waals surface area contributed by atoms with Gasteiger partial charge in [0, 0.05) is 18.7 Å². The summed E-state index contributed by atoms with van der Waals surface area (Å²) in [5.74, 6) is -1.73. The van der Waals surface area contributed by atoms with Gasteiger partial charge in [0.05, 0.1) is 11.3 Å². The van der Waals surface area contributed by atoms with Crippen LogP contribution in [-0.4, -0.2) is 42.3 Å². The van der Waals surface area contributed by atoms with Crippen molar-refractivity contribution >= 4 is 29.0 Å². The molecule has 2 rings (SSSR count). The molecule has 1 heterocycles. The van der Waals surface area contributed by atoms with Crippen molar-refractivity contribution in [3.05, 3.63) is 35.4 Å². The predicted octanol–water partition coefficient (Wildman–Crippen LogP) is 0.664. The van der Waals surface area contributed by atoms with Crippen molar-refractivity contribution in [2.45, 2.75) is 13.8 Å². The molecule has 24 heavy (non-hydrogen) atoms. The number of nitrogens with two attached hydrogens (primary N) is 1. The Bertz CT molecular complexity index is 772. The molecule has 0 radical (unpaired) electrons. The van der Waals surface area contributed by atoms with Crippen LogP contribution in [0.2, 0.25) is 0 Å². The van der Waals surface area contributed by atoms with Gasteiger partial charge in [-0.2, -0.15) is 5.26 Å². The first kappa shape index (κ1) is 17.2. The van der Waals surface area contributed by atoms with E-state index < -0.39 is 17.4 Å². The van der Waals surface area contributed by atoms with E-state index in [9.17, 15) is 19.6 Å². The molecule has 0 fully saturated rings. The Morgan fingerprint density at radius 3 is 2.42 bits per heavy atom. The summed E-state index contributed by atoms with van der Waals surface area (Å²) in [6.07, 6.45) is 0. The Kier molecular flexibility index (Phi) is 4.99. The van der Waals surface area contributed by atoms with Gasteiger partial charge < -0.3 is 10.6 Å². The molecule has 0 unspecified atom stereocenters. The highest BCUT2D eigenvalue weighted by molar-refractivity contribution is 6.37. The SMILES string of the molecule is CCN(CC)C(=O)CN1C(=O)C(=C(C#N)C(N)=O)c2ccccc21. The number of anilines is 1. The largest absolute Gasteiger partial charge is 0.365 e. The van der Waals surface area contributed by atoms with Crippen molar-refractivity contribution in [2.75, 3.05) is 24.5 Å². The molecular weight excluding hydrogens is 308 g/mol. The van der Waals surface area contributed by atoms with Crippen LogP contribution >= 0.6 is 0 Å². The number of hydrogen-bond acceptors (Lipinski definition) is 4. The van der Waals surface area contributed by atoms with E-state index in [4.69, 9.17) is 5.73 Å². The zero-order valence-corrected chi connectivity index (χ0v) is 13.6. The number of fused-ring (bicyclic) bond motifs is 1. The third kappa shape index (κ3) is 2.86. The average Bonchev–Trinajstić information content (AvgIpc) is 2.83. The maximum absolute atomic E-state index is 12.7. The fourth-order valence-corrected chi connectivity index (χ4v) is 2.72. The molecule has 0 spiro atoms. The number of rotatable bonds is 5. The fourth-order valence-electron chi connectivity index (χ4n) is 2.72. The van der Waals surface area contributed by atoms with Gasteiger partial charge >= 0.3 is 0 Å². The van der Waals surface area contributed by atoms with E-state index >= 15 is 0 Å². The van der Waals surface area contributed by atoms with E-state index in [2.05, 4.69) is 0 Å². The Morgan fingerprint density at radius 2 is 1.88 bits per heavy atom. The lowest BCUT2D eigenvalue weighted by atomic mass is 10.0. The van der Waals surface area contributed by atoms with Crippen LogP contribution < -0.4 is 10.6 Å². The van der Waals surface area contributed by atoms with Gasteiger partial charge in [-0.25, -0.2) is 0 Å². The van der Waals surface area contributed by atoms with Crippen LogP contribution in [0.4, 0.5) is 5.69 Å². The number of likely N-dealkylation sites (N-methyl/N-ethyl adjacent to an activating group) is 1. The van der Waals surface area contributed by atoms with Crippen molar-refractivity contribution in [3.63, 3.8) is 0 Å². The van der Waals surface area contributed by atoms with E-state index in [1.54, 1.807) is 35.2 Å². The number of para-hydroxylation sites is 1. The third-order valence-corrected chi connectivity index (χ3v) is 3.94. The first-order chi connectivity index (χ1) is 11.5. The van der Waals surface area contributed by atoms with Crippen LogP contribution in [-0.2, 0) is 14.4 Å². The molecule has 124 valence electrons. The highest BCUT2D eigenvalue weighted by Gasteiger charge is 2.37. The zero-order chi connectivity index (χ0) is 17.9. The van der Waals surface area contributed by atoms with Crippen molar-refractivity contribution in [3.8, 4) is 6.07 Å². The van der Waals surface area contributed by atoms with Crippen molar-refractivity contribution in [2.24, 2.45) is 5.73 Å². The van der Waals surface area contributed by atoms with E-state index in [1.165, 1.54) is 4.90 Å². The Morgan fingerprint density at radius 1 is 1.25 bits per heavy atom. The summed E-state index contributed by atoms with van der Waals surface area (Å²) in [6.45, 7) is 4.62. The number of carbonyl (C=O) groups is 3. The molecule has 0 aliphatic carbocycles. The Hall–Kier alpha value is -3.14. The lowest BCUT2D eigenvalue weighted by molar-refractivity contribution is -0.130. The van der Waals surface area contributed by atoms with Gasteiger partial charge in [0.1, 0.15) is 18.2 Å². The summed E-state index contributed by atoms with van der Waals surface area (Å²) >= 11 is 0. The number of amides is 3. The second kappa shape index (κ2) is 6.96. The summed E-state index contributed by atoms with van der Waals surface area (Å²) in [5.41, 5.74) is 5.70. The molecule has 7 heteroatoms. The molecule has 0 saturated carbocycles. The maximum Gasteiger partial charge on any atom is 0.261 e. The van der Waals surface area contributed by atoms with E-state index in [0.717, 1.165) is 0 Å². The average molecular weight is 326 g/mol. The van der Waals surface area contributed by atoms with Gasteiger partial charge in [-0.3, -0.25) is 19.3 Å². The van der Waals surface area contributed by atoms with Gasteiger partial charge in [0.15, 0.2) is 0 Å². The predicted molar refractivity (Wildman–Crippen MR) is 88.5 cm³/mol. The summed E-state index contributed by atoms with van der Waals surface area (Å²) in [6, 6.07) is 8.41. The van der Waals surface area contributed by atoms with Crippen LogP contribution in [0.1, 0.15) is 19.4 Å². The zero-order valence-electron chi connectivity index (χ0n) is 13.6. The molecule has 0 bridgehead atoms. The Balaban J connectivity index is 2.51. The topological polar surface area (TPSA) is 108 Å². The number of carbonyl (C=O) groups excluding carboxylic acids is 3. The summed E-state index contributed by atoms with van der Waals surface area (Å²) < 4.78 is 0. The number of nitriles is 1. The van der Waals surface area contributed by atoms with Crippen LogP contribution in [0.15, 0.2) is 29.8 Å². The molecule has 1 aliphatic heterocycles. The number of hydrogen-bond donors (Lipinski definition) is 1. The van der Waals surface area contributed by atoms with Gasteiger partial charge in [-0.15, -0.1) is 0 Å². The second-order valence-corrected chi connectivity index (χ2v) is 5.20. The highest BCUT2D eigenvalue weighted by atomic mass is 16.2. The van der Waals surface area contributed by atoms with E-state index in [0.29, 0.717) is 24.3 Å².